The summed E-state index contributed by atoms with van der Waals surface area (Å²) in [5, 5.41) is 8.15. The molecule has 2 heterocycles. The molecule has 0 aliphatic heterocycles. The molecule has 150 valence electrons. The first-order valence-corrected chi connectivity index (χ1v) is 10.5. The van der Waals surface area contributed by atoms with Crippen LogP contribution < -0.4 is 15.5 Å². The van der Waals surface area contributed by atoms with Gasteiger partial charge in [0, 0.05) is 41.5 Å². The highest BCUT2D eigenvalue weighted by Crippen LogP contribution is 2.21. The van der Waals surface area contributed by atoms with Gasteiger partial charge in [-0.3, -0.25) is 4.79 Å². The minimum absolute atomic E-state index is 0.158. The Balaban J connectivity index is 1.64. The fraction of sp³-hybridized carbons (Fsp3) is 0.227. The first-order valence-electron chi connectivity index (χ1n) is 9.57. The second kappa shape index (κ2) is 9.84. The molecule has 0 saturated heterocycles. The molecular formula is C22H25N5OS. The maximum atomic E-state index is 12.0. The molecule has 0 spiro atoms. The van der Waals surface area contributed by atoms with Crippen molar-refractivity contribution in [3.63, 3.8) is 0 Å². The lowest BCUT2D eigenvalue weighted by molar-refractivity contribution is -0.111. The summed E-state index contributed by atoms with van der Waals surface area (Å²) in [5.41, 5.74) is 1.62. The minimum atomic E-state index is -0.158. The number of nitrogens with zero attached hydrogens (tertiary/aromatic N) is 3. The molecule has 0 aliphatic carbocycles. The van der Waals surface area contributed by atoms with E-state index in [0.29, 0.717) is 0 Å². The van der Waals surface area contributed by atoms with Crippen molar-refractivity contribution in [3.8, 4) is 0 Å². The molecule has 1 aromatic carbocycles. The third kappa shape index (κ3) is 5.89. The van der Waals surface area contributed by atoms with Gasteiger partial charge >= 0.3 is 0 Å². The van der Waals surface area contributed by atoms with Crippen molar-refractivity contribution in [1.29, 1.82) is 0 Å². The Morgan fingerprint density at radius 2 is 1.83 bits per heavy atom. The zero-order valence-corrected chi connectivity index (χ0v) is 17.7. The van der Waals surface area contributed by atoms with Crippen molar-refractivity contribution in [2.45, 2.75) is 20.8 Å². The average Bonchev–Trinajstić information content (AvgIpc) is 3.22. The number of benzene rings is 1. The van der Waals surface area contributed by atoms with E-state index in [1.807, 2.05) is 54.8 Å². The SMILES string of the molecule is CCN(CC)c1cc(Nc2ccc(NC(=O)/C=C/c3cccs3)cc2)nc(C)n1. The van der Waals surface area contributed by atoms with E-state index in [0.717, 1.165) is 46.8 Å². The summed E-state index contributed by atoms with van der Waals surface area (Å²) in [6, 6.07) is 13.4. The van der Waals surface area contributed by atoms with Gasteiger partial charge in [0.15, 0.2) is 0 Å². The molecule has 6 nitrogen and oxygen atoms in total. The minimum Gasteiger partial charge on any atom is -0.357 e. The summed E-state index contributed by atoms with van der Waals surface area (Å²) in [5.74, 6) is 2.22. The Hall–Kier alpha value is -3.19. The fourth-order valence-corrected chi connectivity index (χ4v) is 3.46. The highest BCUT2D eigenvalue weighted by atomic mass is 32.1. The summed E-state index contributed by atoms with van der Waals surface area (Å²) in [6.45, 7) is 7.89. The zero-order valence-electron chi connectivity index (χ0n) is 16.8. The van der Waals surface area contributed by atoms with Crippen LogP contribution in [0, 0.1) is 6.92 Å². The molecule has 2 aromatic heterocycles. The van der Waals surface area contributed by atoms with E-state index >= 15 is 0 Å². The molecule has 0 bridgehead atoms. The lowest BCUT2D eigenvalue weighted by Crippen LogP contribution is -2.23. The van der Waals surface area contributed by atoms with Gasteiger partial charge < -0.3 is 15.5 Å². The molecule has 0 saturated carbocycles. The van der Waals surface area contributed by atoms with E-state index in [4.69, 9.17) is 0 Å². The highest BCUT2D eigenvalue weighted by Gasteiger charge is 2.08. The Bertz CT molecular complexity index is 963. The number of aromatic nitrogens is 2. The normalized spacial score (nSPS) is 10.9. The molecule has 1 amide bonds. The van der Waals surface area contributed by atoms with Crippen molar-refractivity contribution in [2.24, 2.45) is 0 Å². The number of amides is 1. The van der Waals surface area contributed by atoms with Crippen LogP contribution in [0.1, 0.15) is 24.5 Å². The maximum Gasteiger partial charge on any atom is 0.248 e. The molecule has 29 heavy (non-hydrogen) atoms. The third-order valence-electron chi connectivity index (χ3n) is 4.28. The summed E-state index contributed by atoms with van der Waals surface area (Å²) >= 11 is 1.59. The van der Waals surface area contributed by atoms with E-state index < -0.39 is 0 Å². The molecule has 0 unspecified atom stereocenters. The van der Waals surface area contributed by atoms with Gasteiger partial charge in [-0.1, -0.05) is 6.07 Å². The maximum absolute atomic E-state index is 12.0. The Morgan fingerprint density at radius 3 is 2.48 bits per heavy atom. The number of anilines is 4. The molecule has 2 N–H and O–H groups in total. The van der Waals surface area contributed by atoms with Gasteiger partial charge in [0.2, 0.25) is 5.91 Å². The van der Waals surface area contributed by atoms with E-state index in [9.17, 15) is 4.79 Å². The van der Waals surface area contributed by atoms with Crippen molar-refractivity contribution in [3.05, 3.63) is 64.6 Å². The highest BCUT2D eigenvalue weighted by molar-refractivity contribution is 7.10. The van der Waals surface area contributed by atoms with Crippen molar-refractivity contribution < 1.29 is 4.79 Å². The fourth-order valence-electron chi connectivity index (χ4n) is 2.84. The van der Waals surface area contributed by atoms with E-state index in [1.54, 1.807) is 17.4 Å². The predicted molar refractivity (Wildman–Crippen MR) is 122 cm³/mol. The van der Waals surface area contributed by atoms with Crippen LogP contribution in [0.2, 0.25) is 0 Å². The number of carbonyl (C=O) groups is 1. The number of carbonyl (C=O) groups excluding carboxylic acids is 1. The quantitative estimate of drug-likeness (QED) is 0.509. The smallest absolute Gasteiger partial charge is 0.248 e. The van der Waals surface area contributed by atoms with E-state index in [2.05, 4.69) is 39.3 Å². The Morgan fingerprint density at radius 1 is 1.10 bits per heavy atom. The third-order valence-corrected chi connectivity index (χ3v) is 5.12. The standard InChI is InChI=1S/C22H25N5OS/c1-4-27(5-2)21-15-20(23-16(3)24-21)25-17-8-10-18(11-9-17)26-22(28)13-12-19-7-6-14-29-19/h6-15H,4-5H2,1-3H3,(H,26,28)(H,23,24,25)/b13-12+. The number of aryl methyl sites for hydroxylation is 1. The monoisotopic (exact) mass is 407 g/mol. The van der Waals surface area contributed by atoms with Gasteiger partial charge in [0.1, 0.15) is 17.5 Å². The van der Waals surface area contributed by atoms with Gasteiger partial charge in [-0.05, 0) is 62.6 Å². The van der Waals surface area contributed by atoms with Crippen molar-refractivity contribution in [1.82, 2.24) is 9.97 Å². The Labute approximate surface area is 175 Å². The number of rotatable bonds is 8. The van der Waals surface area contributed by atoms with Crippen LogP contribution in [-0.2, 0) is 4.79 Å². The predicted octanol–water partition coefficient (Wildman–Crippen LogP) is 5.09. The average molecular weight is 408 g/mol. The first kappa shape index (κ1) is 20.5. The Kier molecular flexibility index (Phi) is 6.97. The topological polar surface area (TPSA) is 70.2 Å². The summed E-state index contributed by atoms with van der Waals surface area (Å²) < 4.78 is 0. The molecule has 3 rings (SSSR count). The summed E-state index contributed by atoms with van der Waals surface area (Å²) in [7, 11) is 0. The first-order chi connectivity index (χ1) is 14.1. The van der Waals surface area contributed by atoms with E-state index in [-0.39, 0.29) is 5.91 Å². The van der Waals surface area contributed by atoms with Crippen LogP contribution in [0.15, 0.2) is 53.9 Å². The number of nitrogens with one attached hydrogen (secondary N) is 2. The van der Waals surface area contributed by atoms with Gasteiger partial charge in [0.05, 0.1) is 0 Å². The van der Waals surface area contributed by atoms with Crippen LogP contribution in [0.3, 0.4) is 0 Å². The zero-order chi connectivity index (χ0) is 20.6. The number of hydrogen-bond acceptors (Lipinski definition) is 6. The second-order valence-electron chi connectivity index (χ2n) is 6.37. The molecular weight excluding hydrogens is 382 g/mol. The van der Waals surface area contributed by atoms with Crippen LogP contribution in [0.5, 0.6) is 0 Å². The molecule has 3 aromatic rings. The van der Waals surface area contributed by atoms with Crippen LogP contribution in [-0.4, -0.2) is 29.0 Å². The molecule has 0 radical (unpaired) electrons. The van der Waals surface area contributed by atoms with Gasteiger partial charge in [-0.25, -0.2) is 9.97 Å². The number of thiophene rings is 1. The van der Waals surface area contributed by atoms with Gasteiger partial charge in [0.25, 0.3) is 0 Å². The largest absolute Gasteiger partial charge is 0.357 e. The van der Waals surface area contributed by atoms with Crippen molar-refractivity contribution >= 4 is 46.3 Å². The molecule has 0 aliphatic rings. The van der Waals surface area contributed by atoms with Gasteiger partial charge in [-0.2, -0.15) is 0 Å². The van der Waals surface area contributed by atoms with E-state index in [1.165, 1.54) is 6.08 Å². The molecule has 0 atom stereocenters. The van der Waals surface area contributed by atoms with Gasteiger partial charge in [-0.15, -0.1) is 11.3 Å². The summed E-state index contributed by atoms with van der Waals surface area (Å²) in [4.78, 5) is 24.3. The van der Waals surface area contributed by atoms with Crippen molar-refractivity contribution in [2.75, 3.05) is 28.6 Å². The summed E-state index contributed by atoms with van der Waals surface area (Å²) in [6.07, 6.45) is 3.34. The second-order valence-corrected chi connectivity index (χ2v) is 7.35. The van der Waals surface area contributed by atoms with Crippen LogP contribution in [0.25, 0.3) is 6.08 Å². The van der Waals surface area contributed by atoms with Crippen LogP contribution >= 0.6 is 11.3 Å². The lowest BCUT2D eigenvalue weighted by atomic mass is 10.2. The molecule has 7 heteroatoms. The lowest BCUT2D eigenvalue weighted by Gasteiger charge is -2.20. The van der Waals surface area contributed by atoms with Crippen LogP contribution in [0.4, 0.5) is 23.0 Å². The number of hydrogen-bond donors (Lipinski definition) is 2. The molecule has 0 fully saturated rings.